The van der Waals surface area contributed by atoms with Crippen molar-refractivity contribution in [1.29, 1.82) is 0 Å². The van der Waals surface area contributed by atoms with Crippen molar-refractivity contribution < 1.29 is 4.84 Å². The molecule has 1 heterocycles. The number of aromatic nitrogens is 3. The summed E-state index contributed by atoms with van der Waals surface area (Å²) in [7, 11) is 0. The lowest BCUT2D eigenvalue weighted by molar-refractivity contribution is 0.132. The smallest absolute Gasteiger partial charge is 0.137 e. The first kappa shape index (κ1) is 8.16. The van der Waals surface area contributed by atoms with Crippen LogP contribution in [-0.2, 0) is 11.4 Å². The molecule has 2 N–H and O–H groups in total. The van der Waals surface area contributed by atoms with Gasteiger partial charge in [0.2, 0.25) is 0 Å². The van der Waals surface area contributed by atoms with Gasteiger partial charge in [-0.25, -0.2) is 10.9 Å². The second-order valence-corrected chi connectivity index (χ2v) is 2.24. The van der Waals surface area contributed by atoms with E-state index in [0.717, 1.165) is 19.4 Å². The molecule has 1 aromatic heterocycles. The normalized spacial score (nSPS) is 10.3. The summed E-state index contributed by atoms with van der Waals surface area (Å²) in [5, 5.41) is 3.95. The lowest BCUT2D eigenvalue weighted by Gasteiger charge is -1.98. The van der Waals surface area contributed by atoms with Crippen molar-refractivity contribution in [2.45, 2.75) is 19.4 Å². The summed E-state index contributed by atoms with van der Waals surface area (Å²) in [5.41, 5.74) is 0. The molecule has 0 saturated carbocycles. The minimum absolute atomic E-state index is 0.606. The summed E-state index contributed by atoms with van der Waals surface area (Å²) in [6, 6.07) is 0. The van der Waals surface area contributed by atoms with E-state index in [1.165, 1.54) is 6.33 Å². The average Bonchev–Trinajstić information content (AvgIpc) is 2.50. The van der Waals surface area contributed by atoms with Crippen molar-refractivity contribution in [2.24, 2.45) is 5.90 Å². The lowest BCUT2D eigenvalue weighted by Crippen LogP contribution is -2.03. The van der Waals surface area contributed by atoms with Crippen molar-refractivity contribution in [2.75, 3.05) is 6.61 Å². The minimum atomic E-state index is 0.606. The van der Waals surface area contributed by atoms with Crippen molar-refractivity contribution in [1.82, 2.24) is 14.8 Å². The van der Waals surface area contributed by atoms with Crippen LogP contribution in [0.4, 0.5) is 0 Å². The van der Waals surface area contributed by atoms with Crippen molar-refractivity contribution in [3.05, 3.63) is 12.7 Å². The molecule has 0 aliphatic heterocycles. The van der Waals surface area contributed by atoms with E-state index in [4.69, 9.17) is 5.90 Å². The first-order valence-corrected chi connectivity index (χ1v) is 3.57. The van der Waals surface area contributed by atoms with Crippen LogP contribution < -0.4 is 5.90 Å². The first-order valence-electron chi connectivity index (χ1n) is 3.57. The zero-order valence-corrected chi connectivity index (χ0v) is 6.31. The summed E-state index contributed by atoms with van der Waals surface area (Å²) in [4.78, 5) is 8.23. The molecular formula is C6H12N4O. The molecule has 0 unspecified atom stereocenters. The van der Waals surface area contributed by atoms with Gasteiger partial charge in [0.05, 0.1) is 6.61 Å². The Balaban J connectivity index is 2.04. The fourth-order valence-electron chi connectivity index (χ4n) is 0.807. The molecule has 5 nitrogen and oxygen atoms in total. The Bertz CT molecular complexity index is 175. The maximum atomic E-state index is 4.85. The number of aryl methyl sites for hydroxylation is 1. The van der Waals surface area contributed by atoms with Gasteiger partial charge in [0.15, 0.2) is 0 Å². The lowest BCUT2D eigenvalue weighted by atomic mass is 10.3. The van der Waals surface area contributed by atoms with Gasteiger partial charge in [0, 0.05) is 6.54 Å². The van der Waals surface area contributed by atoms with Crippen LogP contribution in [0.5, 0.6) is 0 Å². The highest BCUT2D eigenvalue weighted by Crippen LogP contribution is 1.91. The summed E-state index contributed by atoms with van der Waals surface area (Å²) in [5.74, 6) is 4.85. The van der Waals surface area contributed by atoms with E-state index in [1.807, 2.05) is 0 Å². The van der Waals surface area contributed by atoms with E-state index in [0.29, 0.717) is 6.61 Å². The predicted molar refractivity (Wildman–Crippen MR) is 39.4 cm³/mol. The fraction of sp³-hybridized carbons (Fsp3) is 0.667. The topological polar surface area (TPSA) is 66.0 Å². The Labute approximate surface area is 65.1 Å². The molecule has 0 spiro atoms. The SMILES string of the molecule is NOCCCCn1cncn1. The number of nitrogens with zero attached hydrogens (tertiary/aromatic N) is 3. The van der Waals surface area contributed by atoms with Crippen LogP contribution in [0, 0.1) is 0 Å². The molecule has 1 aromatic rings. The maximum absolute atomic E-state index is 4.85. The Morgan fingerprint density at radius 1 is 1.45 bits per heavy atom. The predicted octanol–water partition coefficient (Wildman–Crippen LogP) is -0.0514. The molecule has 0 atom stereocenters. The molecule has 1 rings (SSSR count). The van der Waals surface area contributed by atoms with Crippen LogP contribution in [0.25, 0.3) is 0 Å². The molecule has 0 amide bonds. The van der Waals surface area contributed by atoms with E-state index in [-0.39, 0.29) is 0 Å². The number of nitrogens with two attached hydrogens (primary N) is 1. The van der Waals surface area contributed by atoms with Gasteiger partial charge in [-0.3, -0.25) is 4.68 Å². The standard InChI is InChI=1S/C6H12N4O/c7-11-4-2-1-3-10-6-8-5-9-10/h5-6H,1-4,7H2. The molecule has 0 saturated heterocycles. The number of hydrogen-bond acceptors (Lipinski definition) is 4. The van der Waals surface area contributed by atoms with Crippen LogP contribution in [0.2, 0.25) is 0 Å². The molecule has 0 aromatic carbocycles. The Hall–Kier alpha value is -0.940. The van der Waals surface area contributed by atoms with Crippen LogP contribution in [0.3, 0.4) is 0 Å². The summed E-state index contributed by atoms with van der Waals surface area (Å²) >= 11 is 0. The molecule has 0 radical (unpaired) electrons. The molecule has 0 bridgehead atoms. The third-order valence-corrected chi connectivity index (χ3v) is 1.37. The van der Waals surface area contributed by atoms with E-state index in [9.17, 15) is 0 Å². The fourth-order valence-corrected chi connectivity index (χ4v) is 0.807. The first-order chi connectivity index (χ1) is 5.43. The second kappa shape index (κ2) is 4.81. The third-order valence-electron chi connectivity index (χ3n) is 1.37. The van der Waals surface area contributed by atoms with Crippen LogP contribution in [0.15, 0.2) is 12.7 Å². The van der Waals surface area contributed by atoms with Crippen LogP contribution in [-0.4, -0.2) is 21.4 Å². The molecule has 0 aliphatic rings. The van der Waals surface area contributed by atoms with Gasteiger partial charge < -0.3 is 4.84 Å². The highest BCUT2D eigenvalue weighted by molar-refractivity contribution is 4.55. The van der Waals surface area contributed by atoms with Crippen molar-refractivity contribution in [3.63, 3.8) is 0 Å². The second-order valence-electron chi connectivity index (χ2n) is 2.24. The quantitative estimate of drug-likeness (QED) is 0.479. The molecule has 5 heteroatoms. The van der Waals surface area contributed by atoms with E-state index >= 15 is 0 Å². The number of rotatable bonds is 5. The molecule has 62 valence electrons. The van der Waals surface area contributed by atoms with Gasteiger partial charge in [-0.15, -0.1) is 0 Å². The third kappa shape index (κ3) is 3.10. The van der Waals surface area contributed by atoms with Crippen molar-refractivity contribution >= 4 is 0 Å². The Kier molecular flexibility index (Phi) is 3.57. The highest BCUT2D eigenvalue weighted by atomic mass is 16.6. The van der Waals surface area contributed by atoms with Gasteiger partial charge in [-0.1, -0.05) is 0 Å². The van der Waals surface area contributed by atoms with Crippen LogP contribution in [0.1, 0.15) is 12.8 Å². The van der Waals surface area contributed by atoms with E-state index < -0.39 is 0 Å². The summed E-state index contributed by atoms with van der Waals surface area (Å²) in [6.07, 6.45) is 5.19. The number of hydrogen-bond donors (Lipinski definition) is 1. The highest BCUT2D eigenvalue weighted by Gasteiger charge is 1.90. The van der Waals surface area contributed by atoms with Gasteiger partial charge in [0.1, 0.15) is 12.7 Å². The monoisotopic (exact) mass is 156 g/mol. The summed E-state index contributed by atoms with van der Waals surface area (Å²) < 4.78 is 1.79. The summed E-state index contributed by atoms with van der Waals surface area (Å²) in [6.45, 7) is 1.48. The largest absolute Gasteiger partial charge is 0.305 e. The van der Waals surface area contributed by atoms with E-state index in [2.05, 4.69) is 14.9 Å². The molecule has 0 aliphatic carbocycles. The van der Waals surface area contributed by atoms with Gasteiger partial charge in [-0.05, 0) is 12.8 Å². The zero-order chi connectivity index (χ0) is 7.94. The molecular weight excluding hydrogens is 144 g/mol. The molecule has 0 fully saturated rings. The van der Waals surface area contributed by atoms with Crippen molar-refractivity contribution in [3.8, 4) is 0 Å². The minimum Gasteiger partial charge on any atom is -0.305 e. The van der Waals surface area contributed by atoms with Crippen LogP contribution >= 0.6 is 0 Å². The number of unbranched alkanes of at least 4 members (excludes halogenated alkanes) is 1. The van der Waals surface area contributed by atoms with E-state index in [1.54, 1.807) is 11.0 Å². The van der Waals surface area contributed by atoms with Gasteiger partial charge in [0.25, 0.3) is 0 Å². The zero-order valence-electron chi connectivity index (χ0n) is 6.31. The van der Waals surface area contributed by atoms with Gasteiger partial charge >= 0.3 is 0 Å². The molecule has 11 heavy (non-hydrogen) atoms. The average molecular weight is 156 g/mol. The Morgan fingerprint density at radius 2 is 2.36 bits per heavy atom. The van der Waals surface area contributed by atoms with Gasteiger partial charge in [-0.2, -0.15) is 5.10 Å². The Morgan fingerprint density at radius 3 is 3.00 bits per heavy atom. The maximum Gasteiger partial charge on any atom is 0.137 e.